The fourth-order valence-electron chi connectivity index (χ4n) is 2.77. The molecule has 2 atom stereocenters. The quantitative estimate of drug-likeness (QED) is 0.766. The van der Waals surface area contributed by atoms with Crippen LogP contribution in [0.1, 0.15) is 31.4 Å². The van der Waals surface area contributed by atoms with Crippen LogP contribution in [0, 0.1) is 17.8 Å². The topological polar surface area (TPSA) is 12.5 Å². The van der Waals surface area contributed by atoms with Crippen molar-refractivity contribution in [3.8, 4) is 11.8 Å². The SMILES string of the molecule is CCCC#C[C@@H]1CON(c2ccccc2)[C@H]1c1ccccc1. The van der Waals surface area contributed by atoms with Crippen LogP contribution < -0.4 is 5.06 Å². The van der Waals surface area contributed by atoms with Crippen LogP contribution in [0.25, 0.3) is 0 Å². The minimum absolute atomic E-state index is 0.146. The number of hydroxylamine groups is 1. The van der Waals surface area contributed by atoms with Gasteiger partial charge in [-0.25, -0.2) is 5.06 Å². The Balaban J connectivity index is 1.93. The first-order valence-electron chi connectivity index (χ1n) is 7.90. The highest BCUT2D eigenvalue weighted by Crippen LogP contribution is 2.38. The van der Waals surface area contributed by atoms with Crippen LogP contribution in [0.3, 0.4) is 0 Å². The molecule has 0 aliphatic carbocycles. The molecule has 2 nitrogen and oxygen atoms in total. The molecular weight excluding hydrogens is 270 g/mol. The number of nitrogens with zero attached hydrogens (tertiary/aromatic N) is 1. The highest BCUT2D eigenvalue weighted by molar-refractivity contribution is 5.48. The van der Waals surface area contributed by atoms with Gasteiger partial charge in [-0.05, 0) is 24.1 Å². The maximum absolute atomic E-state index is 5.98. The first-order valence-corrected chi connectivity index (χ1v) is 7.90. The molecule has 1 aliphatic heterocycles. The maximum Gasteiger partial charge on any atom is 0.0975 e. The molecule has 0 N–H and O–H groups in total. The van der Waals surface area contributed by atoms with Crippen molar-refractivity contribution in [2.24, 2.45) is 5.92 Å². The molecule has 0 amide bonds. The minimum Gasteiger partial charge on any atom is -0.271 e. The van der Waals surface area contributed by atoms with Crippen molar-refractivity contribution in [3.05, 3.63) is 66.2 Å². The second-order valence-corrected chi connectivity index (χ2v) is 5.49. The van der Waals surface area contributed by atoms with Crippen LogP contribution >= 0.6 is 0 Å². The second-order valence-electron chi connectivity index (χ2n) is 5.49. The molecule has 112 valence electrons. The van der Waals surface area contributed by atoms with E-state index in [4.69, 9.17) is 4.84 Å². The number of rotatable bonds is 3. The third-order valence-corrected chi connectivity index (χ3v) is 3.84. The van der Waals surface area contributed by atoms with Crippen LogP contribution in [0.15, 0.2) is 60.7 Å². The molecule has 22 heavy (non-hydrogen) atoms. The Morgan fingerprint density at radius 2 is 1.73 bits per heavy atom. The fraction of sp³-hybridized carbons (Fsp3) is 0.300. The zero-order valence-corrected chi connectivity index (χ0v) is 12.9. The van der Waals surface area contributed by atoms with Gasteiger partial charge in [-0.15, -0.1) is 5.92 Å². The Labute approximate surface area is 132 Å². The van der Waals surface area contributed by atoms with E-state index in [9.17, 15) is 0 Å². The highest BCUT2D eigenvalue weighted by Gasteiger charge is 2.36. The van der Waals surface area contributed by atoms with Crippen molar-refractivity contribution in [2.45, 2.75) is 25.8 Å². The van der Waals surface area contributed by atoms with Gasteiger partial charge in [0.1, 0.15) is 0 Å². The van der Waals surface area contributed by atoms with Gasteiger partial charge in [-0.3, -0.25) is 4.84 Å². The molecule has 0 spiro atoms. The van der Waals surface area contributed by atoms with E-state index in [1.165, 1.54) is 5.56 Å². The molecule has 0 aromatic heterocycles. The van der Waals surface area contributed by atoms with E-state index in [1.807, 2.05) is 29.3 Å². The summed E-state index contributed by atoms with van der Waals surface area (Å²) in [6.07, 6.45) is 2.04. The molecule has 0 radical (unpaired) electrons. The van der Waals surface area contributed by atoms with Crippen molar-refractivity contribution < 1.29 is 4.84 Å². The van der Waals surface area contributed by atoms with E-state index < -0.39 is 0 Å². The molecule has 0 unspecified atom stereocenters. The predicted molar refractivity (Wildman–Crippen MR) is 90.2 cm³/mol. The Bertz CT molecular complexity index is 642. The molecule has 2 aromatic carbocycles. The molecule has 0 bridgehead atoms. The van der Waals surface area contributed by atoms with Gasteiger partial charge in [0.2, 0.25) is 0 Å². The average Bonchev–Trinajstić information content (AvgIpc) is 3.01. The van der Waals surface area contributed by atoms with Gasteiger partial charge >= 0.3 is 0 Å². The average molecular weight is 291 g/mol. The van der Waals surface area contributed by atoms with Gasteiger partial charge < -0.3 is 0 Å². The lowest BCUT2D eigenvalue weighted by atomic mass is 9.94. The van der Waals surface area contributed by atoms with Crippen molar-refractivity contribution in [1.29, 1.82) is 0 Å². The number of anilines is 1. The molecule has 2 heteroatoms. The largest absolute Gasteiger partial charge is 0.271 e. The summed E-state index contributed by atoms with van der Waals surface area (Å²) in [4.78, 5) is 5.98. The third-order valence-electron chi connectivity index (χ3n) is 3.84. The van der Waals surface area contributed by atoms with Crippen LogP contribution in [-0.4, -0.2) is 6.61 Å². The van der Waals surface area contributed by atoms with E-state index in [0.29, 0.717) is 6.61 Å². The number of benzene rings is 2. The molecule has 2 aromatic rings. The Morgan fingerprint density at radius 1 is 1.05 bits per heavy atom. The molecule has 1 saturated heterocycles. The fourth-order valence-corrected chi connectivity index (χ4v) is 2.77. The minimum atomic E-state index is 0.146. The third kappa shape index (κ3) is 3.16. The molecule has 3 rings (SSSR count). The van der Waals surface area contributed by atoms with Gasteiger partial charge in [0.15, 0.2) is 0 Å². The summed E-state index contributed by atoms with van der Waals surface area (Å²) in [5, 5.41) is 2.01. The van der Waals surface area contributed by atoms with Gasteiger partial charge in [0.05, 0.1) is 24.3 Å². The van der Waals surface area contributed by atoms with E-state index in [-0.39, 0.29) is 12.0 Å². The number of para-hydroxylation sites is 1. The van der Waals surface area contributed by atoms with Gasteiger partial charge in [-0.1, -0.05) is 61.4 Å². The first kappa shape index (κ1) is 14.7. The summed E-state index contributed by atoms with van der Waals surface area (Å²) in [6, 6.07) is 20.9. The van der Waals surface area contributed by atoms with Crippen molar-refractivity contribution >= 4 is 5.69 Å². The van der Waals surface area contributed by atoms with E-state index in [0.717, 1.165) is 18.5 Å². The van der Waals surface area contributed by atoms with Gasteiger partial charge in [-0.2, -0.15) is 0 Å². The summed E-state index contributed by atoms with van der Waals surface area (Å²) >= 11 is 0. The van der Waals surface area contributed by atoms with Crippen LogP contribution in [0.5, 0.6) is 0 Å². The maximum atomic E-state index is 5.98. The van der Waals surface area contributed by atoms with Gasteiger partial charge in [0, 0.05) is 6.42 Å². The molecule has 1 aliphatic rings. The van der Waals surface area contributed by atoms with E-state index >= 15 is 0 Å². The Hall–Kier alpha value is -2.24. The van der Waals surface area contributed by atoms with Crippen molar-refractivity contribution in [1.82, 2.24) is 0 Å². The Kier molecular flexibility index (Phi) is 4.78. The van der Waals surface area contributed by atoms with Crippen LogP contribution in [0.4, 0.5) is 5.69 Å². The summed E-state index contributed by atoms with van der Waals surface area (Å²) in [6.45, 7) is 2.80. The molecule has 0 saturated carbocycles. The molecular formula is C20H21NO. The van der Waals surface area contributed by atoms with Crippen LogP contribution in [-0.2, 0) is 4.84 Å². The number of unbranched alkanes of at least 4 members (excludes halogenated alkanes) is 1. The lowest BCUT2D eigenvalue weighted by Gasteiger charge is -2.26. The summed E-state index contributed by atoms with van der Waals surface area (Å²) in [5.74, 6) is 6.91. The summed E-state index contributed by atoms with van der Waals surface area (Å²) in [7, 11) is 0. The first-order chi connectivity index (χ1) is 10.9. The van der Waals surface area contributed by atoms with E-state index in [1.54, 1.807) is 0 Å². The monoisotopic (exact) mass is 291 g/mol. The second kappa shape index (κ2) is 7.15. The van der Waals surface area contributed by atoms with Crippen molar-refractivity contribution in [2.75, 3.05) is 11.7 Å². The van der Waals surface area contributed by atoms with Crippen molar-refractivity contribution in [3.63, 3.8) is 0 Å². The lowest BCUT2D eigenvalue weighted by Crippen LogP contribution is -2.23. The lowest BCUT2D eigenvalue weighted by molar-refractivity contribution is 0.156. The number of hydrogen-bond acceptors (Lipinski definition) is 2. The number of hydrogen-bond donors (Lipinski definition) is 0. The van der Waals surface area contributed by atoms with Crippen LogP contribution in [0.2, 0.25) is 0 Å². The smallest absolute Gasteiger partial charge is 0.0975 e. The zero-order chi connectivity index (χ0) is 15.2. The highest BCUT2D eigenvalue weighted by atomic mass is 16.7. The van der Waals surface area contributed by atoms with Gasteiger partial charge in [0.25, 0.3) is 0 Å². The predicted octanol–water partition coefficient (Wildman–Crippen LogP) is 4.60. The summed E-state index contributed by atoms with van der Waals surface area (Å²) in [5.41, 5.74) is 2.33. The normalized spacial score (nSPS) is 20.5. The molecule has 1 fully saturated rings. The molecule has 1 heterocycles. The summed E-state index contributed by atoms with van der Waals surface area (Å²) < 4.78 is 0. The van der Waals surface area contributed by atoms with E-state index in [2.05, 4.69) is 55.2 Å². The standard InChI is InChI=1S/C20H21NO/c1-2-3-6-13-18-16-22-21(19-14-9-5-10-15-19)20(18)17-11-7-4-8-12-17/h4-5,7-12,14-15,18,20H,2-3,16H2,1H3/t18-,20+/m1/s1. The Morgan fingerprint density at radius 3 is 2.41 bits per heavy atom. The zero-order valence-electron chi connectivity index (χ0n) is 12.9.